The molecule has 1 saturated carbocycles. The van der Waals surface area contributed by atoms with Crippen LogP contribution in [0.15, 0.2) is 0 Å². The fraction of sp³-hybridized carbons (Fsp3) is 0.867. The summed E-state index contributed by atoms with van der Waals surface area (Å²) in [6.45, 7) is 2.73. The summed E-state index contributed by atoms with van der Waals surface area (Å²) in [5.41, 5.74) is 4.52. The van der Waals surface area contributed by atoms with Crippen molar-refractivity contribution >= 4 is 11.9 Å². The summed E-state index contributed by atoms with van der Waals surface area (Å²) in [6, 6.07) is 0. The Balaban J connectivity index is 2.48. The number of rotatable bonds is 8. The molecule has 0 aromatic heterocycles. The minimum atomic E-state index is -1.02. The van der Waals surface area contributed by atoms with Crippen molar-refractivity contribution in [1.82, 2.24) is 5.32 Å². The van der Waals surface area contributed by atoms with Crippen molar-refractivity contribution in [3.05, 3.63) is 0 Å². The van der Waals surface area contributed by atoms with Gasteiger partial charge in [-0.05, 0) is 38.1 Å². The molecular formula is C15H28N2O3. The number of aliphatic carboxylic acids is 1. The second kappa shape index (κ2) is 8.25. The normalized spacial score (nSPS) is 19.3. The standard InChI is InChI=1S/C15H28N2O3/c1-2-12(8-11-16)6-7-13(18)17-15(14(19)20)9-4-3-5-10-15/h12H,2-11,16H2,1H3,(H,17,18)(H,19,20). The molecule has 0 aromatic carbocycles. The molecule has 116 valence electrons. The second-order valence-electron chi connectivity index (χ2n) is 5.89. The molecule has 1 aliphatic carbocycles. The first-order valence-electron chi connectivity index (χ1n) is 7.78. The average Bonchev–Trinajstić information content (AvgIpc) is 2.44. The first-order chi connectivity index (χ1) is 9.54. The first-order valence-corrected chi connectivity index (χ1v) is 7.78. The lowest BCUT2D eigenvalue weighted by molar-refractivity contribution is -0.149. The first kappa shape index (κ1) is 17.0. The number of hydrogen-bond acceptors (Lipinski definition) is 3. The second-order valence-corrected chi connectivity index (χ2v) is 5.89. The molecule has 1 unspecified atom stereocenters. The Labute approximate surface area is 121 Å². The van der Waals surface area contributed by atoms with Gasteiger partial charge in [-0.1, -0.05) is 32.6 Å². The largest absolute Gasteiger partial charge is 0.480 e. The molecule has 0 bridgehead atoms. The molecule has 0 heterocycles. The van der Waals surface area contributed by atoms with Gasteiger partial charge in [-0.25, -0.2) is 4.79 Å². The fourth-order valence-corrected chi connectivity index (χ4v) is 3.00. The molecule has 0 saturated heterocycles. The van der Waals surface area contributed by atoms with Crippen molar-refractivity contribution in [2.75, 3.05) is 6.54 Å². The minimum absolute atomic E-state index is 0.134. The average molecular weight is 284 g/mol. The zero-order valence-corrected chi connectivity index (χ0v) is 12.5. The lowest BCUT2D eigenvalue weighted by Crippen LogP contribution is -2.55. The maximum Gasteiger partial charge on any atom is 0.329 e. The van der Waals surface area contributed by atoms with Crippen LogP contribution in [0.2, 0.25) is 0 Å². The quantitative estimate of drug-likeness (QED) is 0.636. The topological polar surface area (TPSA) is 92.4 Å². The molecule has 5 heteroatoms. The molecule has 1 aliphatic rings. The van der Waals surface area contributed by atoms with Crippen molar-refractivity contribution in [3.63, 3.8) is 0 Å². The van der Waals surface area contributed by atoms with E-state index in [0.29, 0.717) is 31.7 Å². The highest BCUT2D eigenvalue weighted by Gasteiger charge is 2.40. The molecule has 1 atom stereocenters. The van der Waals surface area contributed by atoms with E-state index in [9.17, 15) is 14.7 Å². The van der Waals surface area contributed by atoms with Crippen molar-refractivity contribution in [1.29, 1.82) is 0 Å². The summed E-state index contributed by atoms with van der Waals surface area (Å²) in [7, 11) is 0. The Morgan fingerprint density at radius 1 is 1.25 bits per heavy atom. The number of carbonyl (C=O) groups excluding carboxylic acids is 1. The summed E-state index contributed by atoms with van der Waals surface area (Å²) in [6.07, 6.45) is 7.02. The van der Waals surface area contributed by atoms with Crippen LogP contribution in [0.25, 0.3) is 0 Å². The van der Waals surface area contributed by atoms with E-state index in [-0.39, 0.29) is 5.91 Å². The number of nitrogens with one attached hydrogen (secondary N) is 1. The molecule has 0 spiro atoms. The summed E-state index contributed by atoms with van der Waals surface area (Å²) in [5, 5.41) is 12.2. The molecular weight excluding hydrogens is 256 g/mol. The lowest BCUT2D eigenvalue weighted by Gasteiger charge is -2.34. The Kier molecular flexibility index (Phi) is 6.99. The van der Waals surface area contributed by atoms with Gasteiger partial charge in [0.2, 0.25) is 5.91 Å². The van der Waals surface area contributed by atoms with Crippen LogP contribution in [0.4, 0.5) is 0 Å². The van der Waals surface area contributed by atoms with Crippen LogP contribution in [0.5, 0.6) is 0 Å². The number of nitrogens with two attached hydrogens (primary N) is 1. The molecule has 4 N–H and O–H groups in total. The van der Waals surface area contributed by atoms with E-state index in [2.05, 4.69) is 12.2 Å². The predicted octanol–water partition coefficient (Wildman–Crippen LogP) is 2.05. The fourth-order valence-electron chi connectivity index (χ4n) is 3.00. The zero-order valence-electron chi connectivity index (χ0n) is 12.5. The van der Waals surface area contributed by atoms with Crippen LogP contribution in [0.1, 0.15) is 64.7 Å². The van der Waals surface area contributed by atoms with Crippen molar-refractivity contribution in [2.45, 2.75) is 70.3 Å². The van der Waals surface area contributed by atoms with Gasteiger partial charge in [0, 0.05) is 6.42 Å². The van der Waals surface area contributed by atoms with E-state index in [1.165, 1.54) is 0 Å². The van der Waals surface area contributed by atoms with Gasteiger partial charge in [0.1, 0.15) is 5.54 Å². The Morgan fingerprint density at radius 3 is 2.40 bits per heavy atom. The SMILES string of the molecule is CCC(CCN)CCC(=O)NC1(C(=O)O)CCCCC1. The van der Waals surface area contributed by atoms with Gasteiger partial charge in [0.25, 0.3) is 0 Å². The molecule has 0 aromatic rings. The Morgan fingerprint density at radius 2 is 1.90 bits per heavy atom. The monoisotopic (exact) mass is 284 g/mol. The van der Waals surface area contributed by atoms with Gasteiger partial charge < -0.3 is 16.2 Å². The molecule has 0 aliphatic heterocycles. The Bertz CT molecular complexity index is 325. The van der Waals surface area contributed by atoms with Crippen LogP contribution in [-0.2, 0) is 9.59 Å². The summed E-state index contributed by atoms with van der Waals surface area (Å²) >= 11 is 0. The maximum atomic E-state index is 12.0. The number of carboxylic acid groups (broad SMARTS) is 1. The highest BCUT2D eigenvalue weighted by Crippen LogP contribution is 2.28. The molecule has 20 heavy (non-hydrogen) atoms. The molecule has 1 amide bonds. The zero-order chi connectivity index (χ0) is 15.0. The van der Waals surface area contributed by atoms with E-state index >= 15 is 0 Å². The third-order valence-electron chi connectivity index (χ3n) is 4.43. The van der Waals surface area contributed by atoms with Crippen LogP contribution < -0.4 is 11.1 Å². The molecule has 0 radical (unpaired) electrons. The molecule has 1 rings (SSSR count). The minimum Gasteiger partial charge on any atom is -0.480 e. The molecule has 1 fully saturated rings. The maximum absolute atomic E-state index is 12.0. The van der Waals surface area contributed by atoms with E-state index < -0.39 is 11.5 Å². The smallest absolute Gasteiger partial charge is 0.329 e. The highest BCUT2D eigenvalue weighted by atomic mass is 16.4. The van der Waals surface area contributed by atoms with Crippen molar-refractivity contribution in [3.8, 4) is 0 Å². The van der Waals surface area contributed by atoms with Gasteiger partial charge >= 0.3 is 5.97 Å². The van der Waals surface area contributed by atoms with Gasteiger partial charge in [0.15, 0.2) is 0 Å². The lowest BCUT2D eigenvalue weighted by atomic mass is 9.81. The Hall–Kier alpha value is -1.10. The van der Waals surface area contributed by atoms with Gasteiger partial charge in [-0.3, -0.25) is 4.79 Å². The van der Waals surface area contributed by atoms with Crippen LogP contribution in [-0.4, -0.2) is 29.1 Å². The highest BCUT2D eigenvalue weighted by molar-refractivity contribution is 5.87. The van der Waals surface area contributed by atoms with E-state index in [1.54, 1.807) is 0 Å². The predicted molar refractivity (Wildman–Crippen MR) is 78.3 cm³/mol. The van der Waals surface area contributed by atoms with E-state index in [4.69, 9.17) is 5.73 Å². The number of amides is 1. The van der Waals surface area contributed by atoms with Crippen molar-refractivity contribution in [2.24, 2.45) is 11.7 Å². The van der Waals surface area contributed by atoms with Gasteiger partial charge in [-0.2, -0.15) is 0 Å². The van der Waals surface area contributed by atoms with Crippen molar-refractivity contribution < 1.29 is 14.7 Å². The summed E-state index contributed by atoms with van der Waals surface area (Å²) < 4.78 is 0. The number of carboxylic acids is 1. The third kappa shape index (κ3) is 4.78. The van der Waals surface area contributed by atoms with E-state index in [0.717, 1.165) is 38.5 Å². The number of hydrogen-bond donors (Lipinski definition) is 3. The van der Waals surface area contributed by atoms with Crippen LogP contribution >= 0.6 is 0 Å². The third-order valence-corrected chi connectivity index (χ3v) is 4.43. The van der Waals surface area contributed by atoms with Crippen LogP contribution in [0.3, 0.4) is 0 Å². The molecule has 5 nitrogen and oxygen atoms in total. The van der Waals surface area contributed by atoms with Gasteiger partial charge in [-0.15, -0.1) is 0 Å². The van der Waals surface area contributed by atoms with Crippen LogP contribution in [0, 0.1) is 5.92 Å². The van der Waals surface area contributed by atoms with Gasteiger partial charge in [0.05, 0.1) is 0 Å². The summed E-state index contributed by atoms with van der Waals surface area (Å²) in [5.74, 6) is -0.567. The van der Waals surface area contributed by atoms with E-state index in [1.807, 2.05) is 0 Å². The number of carbonyl (C=O) groups is 2. The summed E-state index contributed by atoms with van der Waals surface area (Å²) in [4.78, 5) is 23.5.